The van der Waals surface area contributed by atoms with E-state index in [1.54, 1.807) is 0 Å². The largest absolute Gasteiger partial charge is 0.292 e. The van der Waals surface area contributed by atoms with Gasteiger partial charge in [-0.15, -0.1) is 0 Å². The lowest BCUT2D eigenvalue weighted by Crippen LogP contribution is -2.13. The topological polar surface area (TPSA) is 40.9 Å². The molecule has 0 saturated heterocycles. The molecule has 0 radical (unpaired) electrons. The van der Waals surface area contributed by atoms with Crippen LogP contribution in [0.15, 0.2) is 18.2 Å². The second-order valence-corrected chi connectivity index (χ2v) is 4.32. The number of hydrogen-bond donors (Lipinski definition) is 0. The van der Waals surface area contributed by atoms with Gasteiger partial charge in [0.05, 0.1) is 6.07 Å². The third kappa shape index (κ3) is 1.55. The number of ketones is 1. The molecular weight excluding hydrogens is 186 g/mol. The number of nitriles is 1. The van der Waals surface area contributed by atoms with Crippen LogP contribution in [0, 0.1) is 30.6 Å². The van der Waals surface area contributed by atoms with Crippen molar-refractivity contribution in [1.82, 2.24) is 0 Å². The normalized spacial score (nSPS) is 16.9. The van der Waals surface area contributed by atoms with E-state index in [0.717, 1.165) is 18.4 Å². The van der Waals surface area contributed by atoms with Crippen molar-refractivity contribution in [3.8, 4) is 6.07 Å². The molecule has 1 aliphatic rings. The van der Waals surface area contributed by atoms with E-state index in [1.165, 1.54) is 5.56 Å². The fourth-order valence-corrected chi connectivity index (χ4v) is 1.67. The second kappa shape index (κ2) is 3.20. The Morgan fingerprint density at radius 2 is 2.00 bits per heavy atom. The van der Waals surface area contributed by atoms with Gasteiger partial charge < -0.3 is 0 Å². The van der Waals surface area contributed by atoms with Crippen LogP contribution >= 0.6 is 0 Å². The molecule has 0 aliphatic heterocycles. The molecule has 2 heteroatoms. The molecular formula is C13H13NO. The number of rotatable bonds is 2. The van der Waals surface area contributed by atoms with Gasteiger partial charge >= 0.3 is 0 Å². The number of benzene rings is 1. The molecule has 0 aromatic heterocycles. The van der Waals surface area contributed by atoms with Crippen LogP contribution in [0.4, 0.5) is 0 Å². The number of hydrogen-bond acceptors (Lipinski definition) is 2. The molecule has 1 aromatic rings. The summed E-state index contributed by atoms with van der Waals surface area (Å²) in [6.45, 7) is 4.00. The Morgan fingerprint density at radius 1 is 1.33 bits per heavy atom. The summed E-state index contributed by atoms with van der Waals surface area (Å²) in [6, 6.07) is 7.78. The van der Waals surface area contributed by atoms with Crippen LogP contribution in [0.25, 0.3) is 0 Å². The number of carbonyl (C=O) groups excluding carboxylic acids is 1. The summed E-state index contributed by atoms with van der Waals surface area (Å²) in [7, 11) is 0. The van der Waals surface area contributed by atoms with E-state index in [1.807, 2.05) is 32.0 Å². The minimum atomic E-state index is -0.693. The fraction of sp³-hybridized carbons (Fsp3) is 0.385. The molecule has 1 aliphatic carbocycles. The highest BCUT2D eigenvalue weighted by Crippen LogP contribution is 2.47. The monoisotopic (exact) mass is 199 g/mol. The highest BCUT2D eigenvalue weighted by molar-refractivity contribution is 6.04. The SMILES string of the molecule is Cc1ccc(C(=O)C2(C#N)CC2)cc1C. The van der Waals surface area contributed by atoms with Crippen LogP contribution in [0.2, 0.25) is 0 Å². The number of carbonyl (C=O) groups is 1. The zero-order valence-electron chi connectivity index (χ0n) is 9.00. The zero-order valence-corrected chi connectivity index (χ0v) is 9.00. The van der Waals surface area contributed by atoms with Crippen LogP contribution in [0.1, 0.15) is 34.3 Å². The van der Waals surface area contributed by atoms with Gasteiger partial charge in [0.2, 0.25) is 0 Å². The molecule has 0 N–H and O–H groups in total. The van der Waals surface area contributed by atoms with Crippen LogP contribution in [0.5, 0.6) is 0 Å². The van der Waals surface area contributed by atoms with Crippen LogP contribution < -0.4 is 0 Å². The Labute approximate surface area is 89.5 Å². The molecule has 0 spiro atoms. The Hall–Kier alpha value is -1.62. The third-order valence-corrected chi connectivity index (χ3v) is 3.17. The highest BCUT2D eigenvalue weighted by atomic mass is 16.1. The Morgan fingerprint density at radius 3 is 2.47 bits per heavy atom. The Balaban J connectivity index is 2.36. The molecule has 2 rings (SSSR count). The molecule has 1 aromatic carbocycles. The van der Waals surface area contributed by atoms with Crippen molar-refractivity contribution in [2.24, 2.45) is 5.41 Å². The van der Waals surface area contributed by atoms with Gasteiger partial charge in [0.1, 0.15) is 5.41 Å². The summed E-state index contributed by atoms with van der Waals surface area (Å²) in [5.74, 6) is -0.00639. The molecule has 0 bridgehead atoms. The van der Waals surface area contributed by atoms with Gasteiger partial charge in [0.25, 0.3) is 0 Å². The van der Waals surface area contributed by atoms with Crippen molar-refractivity contribution in [3.63, 3.8) is 0 Å². The smallest absolute Gasteiger partial charge is 0.183 e. The van der Waals surface area contributed by atoms with Gasteiger partial charge in [-0.3, -0.25) is 4.79 Å². The van der Waals surface area contributed by atoms with Gasteiger partial charge in [-0.05, 0) is 43.9 Å². The summed E-state index contributed by atoms with van der Waals surface area (Å²) < 4.78 is 0. The Kier molecular flexibility index (Phi) is 2.12. The molecule has 2 nitrogen and oxygen atoms in total. The molecule has 15 heavy (non-hydrogen) atoms. The molecule has 0 unspecified atom stereocenters. The Bertz CT molecular complexity index is 464. The van der Waals surface area contributed by atoms with Crippen molar-refractivity contribution in [2.75, 3.05) is 0 Å². The van der Waals surface area contributed by atoms with E-state index in [2.05, 4.69) is 6.07 Å². The average molecular weight is 199 g/mol. The van der Waals surface area contributed by atoms with Crippen molar-refractivity contribution < 1.29 is 4.79 Å². The van der Waals surface area contributed by atoms with E-state index < -0.39 is 5.41 Å². The second-order valence-electron chi connectivity index (χ2n) is 4.32. The lowest BCUT2D eigenvalue weighted by atomic mass is 9.94. The first-order chi connectivity index (χ1) is 7.09. The van der Waals surface area contributed by atoms with Crippen molar-refractivity contribution in [1.29, 1.82) is 5.26 Å². The zero-order chi connectivity index (χ0) is 11.1. The van der Waals surface area contributed by atoms with Gasteiger partial charge in [0, 0.05) is 5.56 Å². The number of nitrogens with zero attached hydrogens (tertiary/aromatic N) is 1. The van der Waals surface area contributed by atoms with E-state index in [4.69, 9.17) is 5.26 Å². The molecule has 0 amide bonds. The van der Waals surface area contributed by atoms with E-state index >= 15 is 0 Å². The first-order valence-corrected chi connectivity index (χ1v) is 5.12. The molecule has 0 heterocycles. The minimum absolute atomic E-state index is 0.00639. The maximum Gasteiger partial charge on any atom is 0.183 e. The predicted molar refractivity (Wildman–Crippen MR) is 57.5 cm³/mol. The standard InChI is InChI=1S/C13H13NO/c1-9-3-4-11(7-10(9)2)12(15)13(8-14)5-6-13/h3-4,7H,5-6H2,1-2H3. The summed E-state index contributed by atoms with van der Waals surface area (Å²) in [5.41, 5.74) is 2.27. The van der Waals surface area contributed by atoms with Crippen molar-refractivity contribution >= 4 is 5.78 Å². The van der Waals surface area contributed by atoms with E-state index in [0.29, 0.717) is 5.56 Å². The quantitative estimate of drug-likeness (QED) is 0.687. The lowest BCUT2D eigenvalue weighted by Gasteiger charge is -2.07. The van der Waals surface area contributed by atoms with Crippen LogP contribution in [0.3, 0.4) is 0 Å². The van der Waals surface area contributed by atoms with Gasteiger partial charge in [-0.1, -0.05) is 12.1 Å². The predicted octanol–water partition coefficient (Wildman–Crippen LogP) is 2.79. The number of aryl methyl sites for hydroxylation is 2. The van der Waals surface area contributed by atoms with Crippen LogP contribution in [-0.4, -0.2) is 5.78 Å². The molecule has 1 saturated carbocycles. The maximum atomic E-state index is 12.0. The van der Waals surface area contributed by atoms with E-state index in [-0.39, 0.29) is 5.78 Å². The average Bonchev–Trinajstić information content (AvgIpc) is 3.02. The van der Waals surface area contributed by atoms with Gasteiger partial charge in [0.15, 0.2) is 5.78 Å². The molecule has 76 valence electrons. The first kappa shape index (κ1) is 9.92. The summed E-state index contributed by atoms with van der Waals surface area (Å²) in [6.07, 6.45) is 1.44. The van der Waals surface area contributed by atoms with Crippen LogP contribution in [-0.2, 0) is 0 Å². The summed E-state index contributed by atoms with van der Waals surface area (Å²) in [4.78, 5) is 12.0. The molecule has 1 fully saturated rings. The maximum absolute atomic E-state index is 12.0. The van der Waals surface area contributed by atoms with Crippen molar-refractivity contribution in [3.05, 3.63) is 34.9 Å². The van der Waals surface area contributed by atoms with Crippen molar-refractivity contribution in [2.45, 2.75) is 26.7 Å². The number of Topliss-reactive ketones (excluding diaryl/α,β-unsaturated/α-hetero) is 1. The van der Waals surface area contributed by atoms with Gasteiger partial charge in [-0.25, -0.2) is 0 Å². The minimum Gasteiger partial charge on any atom is -0.292 e. The first-order valence-electron chi connectivity index (χ1n) is 5.12. The molecule has 0 atom stereocenters. The highest BCUT2D eigenvalue weighted by Gasteiger charge is 2.50. The van der Waals surface area contributed by atoms with E-state index in [9.17, 15) is 4.79 Å². The summed E-state index contributed by atoms with van der Waals surface area (Å²) >= 11 is 0. The lowest BCUT2D eigenvalue weighted by molar-refractivity contribution is 0.0934. The fourth-order valence-electron chi connectivity index (χ4n) is 1.67. The van der Waals surface area contributed by atoms with Gasteiger partial charge in [-0.2, -0.15) is 5.26 Å². The summed E-state index contributed by atoms with van der Waals surface area (Å²) in [5, 5.41) is 8.94. The third-order valence-electron chi connectivity index (χ3n) is 3.17.